The molecule has 0 unspecified atom stereocenters. The van der Waals surface area contributed by atoms with Gasteiger partial charge in [0, 0.05) is 6.42 Å². The maximum Gasteiger partial charge on any atom is 0.295 e. The van der Waals surface area contributed by atoms with Crippen LogP contribution in [0, 0.1) is 11.7 Å². The van der Waals surface area contributed by atoms with Crippen molar-refractivity contribution in [2.45, 2.75) is 13.3 Å². The van der Waals surface area contributed by atoms with Gasteiger partial charge in [0.15, 0.2) is 0 Å². The van der Waals surface area contributed by atoms with Crippen LogP contribution in [0.25, 0.3) is 0 Å². The molecule has 0 aliphatic rings. The highest BCUT2D eigenvalue weighted by molar-refractivity contribution is 7.71. The number of hydrogen-bond acceptors (Lipinski definition) is 4. The van der Waals surface area contributed by atoms with Gasteiger partial charge in [-0.05, 0) is 24.7 Å². The minimum Gasteiger partial charge on any atom is -0.334 e. The van der Waals surface area contributed by atoms with Gasteiger partial charge in [-0.15, -0.1) is 0 Å². The van der Waals surface area contributed by atoms with Gasteiger partial charge in [-0.1, -0.05) is 29.8 Å². The fourth-order valence-electron chi connectivity index (χ4n) is 1.46. The molecule has 1 aromatic heterocycles. The van der Waals surface area contributed by atoms with Crippen molar-refractivity contribution in [3.8, 4) is 0 Å². The molecule has 1 aromatic carbocycles. The third-order valence-corrected chi connectivity index (χ3v) is 2.75. The molecule has 17 heavy (non-hydrogen) atoms. The summed E-state index contributed by atoms with van der Waals surface area (Å²) in [5.41, 5.74) is 2.16. The summed E-state index contributed by atoms with van der Waals surface area (Å²) in [6.07, 6.45) is 0.433. The Morgan fingerprint density at radius 1 is 1.41 bits per heavy atom. The molecule has 88 valence electrons. The minimum atomic E-state index is -0.366. The Kier molecular flexibility index (Phi) is 3.06. The van der Waals surface area contributed by atoms with Gasteiger partial charge in [0.2, 0.25) is 4.77 Å². The molecule has 3 N–H and O–H groups in total. The van der Waals surface area contributed by atoms with Crippen LogP contribution < -0.4 is 11.4 Å². The van der Waals surface area contributed by atoms with E-state index < -0.39 is 0 Å². The first-order chi connectivity index (χ1) is 8.08. The fraction of sp³-hybridized carbons (Fsp3) is 0.182. The first-order valence-electron chi connectivity index (χ1n) is 5.09. The lowest BCUT2D eigenvalue weighted by molar-refractivity contribution is 0.759. The van der Waals surface area contributed by atoms with Crippen molar-refractivity contribution in [3.63, 3.8) is 0 Å². The van der Waals surface area contributed by atoms with E-state index in [1.165, 1.54) is 5.56 Å². The monoisotopic (exact) mass is 248 g/mol. The molecule has 5 nitrogen and oxygen atoms in total. The first kappa shape index (κ1) is 11.5. The normalized spacial score (nSPS) is 10.4. The van der Waals surface area contributed by atoms with Crippen LogP contribution in [0.3, 0.4) is 0 Å². The van der Waals surface area contributed by atoms with E-state index in [2.05, 4.69) is 10.2 Å². The number of nitrogens with one attached hydrogen (secondary N) is 1. The van der Waals surface area contributed by atoms with Crippen molar-refractivity contribution in [2.24, 2.45) is 0 Å². The van der Waals surface area contributed by atoms with Crippen LogP contribution in [-0.2, 0) is 6.42 Å². The van der Waals surface area contributed by atoms with E-state index in [0.29, 0.717) is 12.1 Å². The van der Waals surface area contributed by atoms with E-state index in [-0.39, 0.29) is 10.3 Å². The van der Waals surface area contributed by atoms with Crippen LogP contribution >= 0.6 is 12.2 Å². The number of H-pyrrole nitrogens is 1. The Balaban J connectivity index is 2.37. The van der Waals surface area contributed by atoms with E-state index in [0.717, 1.165) is 10.2 Å². The number of rotatable bonds is 2. The van der Waals surface area contributed by atoms with Crippen molar-refractivity contribution in [1.82, 2.24) is 14.9 Å². The Morgan fingerprint density at radius 3 is 2.71 bits per heavy atom. The highest BCUT2D eigenvalue weighted by Gasteiger charge is 2.06. The van der Waals surface area contributed by atoms with E-state index in [4.69, 9.17) is 18.1 Å². The number of nitrogens with zero attached hydrogens (tertiary/aromatic N) is 2. The molecule has 0 fully saturated rings. The van der Waals surface area contributed by atoms with E-state index in [1.807, 2.05) is 31.2 Å². The van der Waals surface area contributed by atoms with Gasteiger partial charge in [0.05, 0.1) is 0 Å². The maximum absolute atomic E-state index is 11.7. The van der Waals surface area contributed by atoms with Crippen molar-refractivity contribution in [1.29, 1.82) is 0 Å². The highest BCUT2D eigenvalue weighted by Crippen LogP contribution is 2.05. The Hall–Kier alpha value is -1.95. The average molecular weight is 248 g/mol. The first-order valence-corrected chi connectivity index (χ1v) is 5.50. The minimum absolute atomic E-state index is 0.114. The van der Waals surface area contributed by atoms with Gasteiger partial charge in [-0.25, -0.2) is 0 Å². The molecular weight excluding hydrogens is 236 g/mol. The van der Waals surface area contributed by atoms with Gasteiger partial charge < -0.3 is 5.84 Å². The lowest BCUT2D eigenvalue weighted by Gasteiger charge is -2.03. The zero-order chi connectivity index (χ0) is 12.4. The molecule has 6 heteroatoms. The number of aromatic nitrogens is 3. The van der Waals surface area contributed by atoms with Crippen LogP contribution in [0.5, 0.6) is 0 Å². The Labute approximate surface area is 103 Å². The summed E-state index contributed by atoms with van der Waals surface area (Å²) < 4.78 is 1.01. The van der Waals surface area contributed by atoms with E-state index in [1.54, 1.807) is 0 Å². The fourth-order valence-corrected chi connectivity index (χ4v) is 1.59. The average Bonchev–Trinajstić information content (AvgIpc) is 2.33. The standard InChI is InChI=1S/C11H12N4OS/c1-7-2-4-8(5-3-7)6-9-10(16)15(12)11(17)14-13-9/h2-5H,6,12H2,1H3,(H,14,17). The largest absolute Gasteiger partial charge is 0.334 e. The van der Waals surface area contributed by atoms with Gasteiger partial charge in [-0.3, -0.25) is 9.89 Å². The van der Waals surface area contributed by atoms with Gasteiger partial charge >= 0.3 is 0 Å². The molecule has 0 aliphatic carbocycles. The second kappa shape index (κ2) is 4.50. The van der Waals surface area contributed by atoms with Crippen LogP contribution in [0.4, 0.5) is 0 Å². The molecule has 2 rings (SSSR count). The topological polar surface area (TPSA) is 76.7 Å². The molecule has 0 radical (unpaired) electrons. The summed E-state index contributed by atoms with van der Waals surface area (Å²) in [5, 5.41) is 6.46. The number of aryl methyl sites for hydroxylation is 1. The zero-order valence-corrected chi connectivity index (χ0v) is 10.1. The Morgan fingerprint density at radius 2 is 2.06 bits per heavy atom. The number of nitrogen functional groups attached to an aromatic ring is 1. The molecule has 1 heterocycles. The summed E-state index contributed by atoms with van der Waals surface area (Å²) in [4.78, 5) is 11.7. The predicted octanol–water partition coefficient (Wildman–Crippen LogP) is 0.914. The summed E-state index contributed by atoms with van der Waals surface area (Å²) in [7, 11) is 0. The molecule has 0 aliphatic heterocycles. The third kappa shape index (κ3) is 2.42. The van der Waals surface area contributed by atoms with Crippen molar-refractivity contribution >= 4 is 12.2 Å². The third-order valence-electron chi connectivity index (χ3n) is 2.46. The summed E-state index contributed by atoms with van der Waals surface area (Å²) in [6.45, 7) is 2.01. The molecule has 2 aromatic rings. The smallest absolute Gasteiger partial charge is 0.295 e. The maximum atomic E-state index is 11.7. The second-order valence-corrected chi connectivity index (χ2v) is 4.20. The number of aromatic amines is 1. The van der Waals surface area contributed by atoms with Crippen LogP contribution in [-0.4, -0.2) is 14.9 Å². The summed E-state index contributed by atoms with van der Waals surface area (Å²) in [5.74, 6) is 5.49. The SMILES string of the molecule is Cc1ccc(Cc2n[nH]c(=S)n(N)c2=O)cc1. The number of benzene rings is 1. The molecule has 0 saturated heterocycles. The molecular formula is C11H12N4OS. The lowest BCUT2D eigenvalue weighted by atomic mass is 10.1. The van der Waals surface area contributed by atoms with Crippen molar-refractivity contribution in [3.05, 3.63) is 56.2 Å². The molecule has 0 bridgehead atoms. The van der Waals surface area contributed by atoms with Crippen LogP contribution in [0.2, 0.25) is 0 Å². The van der Waals surface area contributed by atoms with Crippen LogP contribution in [0.15, 0.2) is 29.1 Å². The second-order valence-electron chi connectivity index (χ2n) is 3.81. The van der Waals surface area contributed by atoms with Gasteiger partial charge in [0.25, 0.3) is 5.56 Å². The van der Waals surface area contributed by atoms with Gasteiger partial charge in [0.1, 0.15) is 5.69 Å². The molecule has 0 amide bonds. The van der Waals surface area contributed by atoms with E-state index in [9.17, 15) is 4.79 Å². The lowest BCUT2D eigenvalue weighted by Crippen LogP contribution is -2.32. The predicted molar refractivity (Wildman–Crippen MR) is 67.8 cm³/mol. The summed E-state index contributed by atoms with van der Waals surface area (Å²) >= 11 is 4.80. The van der Waals surface area contributed by atoms with Crippen LogP contribution in [0.1, 0.15) is 16.8 Å². The van der Waals surface area contributed by atoms with Gasteiger partial charge in [-0.2, -0.15) is 9.77 Å². The quantitative estimate of drug-likeness (QED) is 0.612. The Bertz CT molecular complexity index is 642. The summed E-state index contributed by atoms with van der Waals surface area (Å²) in [6, 6.07) is 7.89. The van der Waals surface area contributed by atoms with Crippen molar-refractivity contribution in [2.75, 3.05) is 5.84 Å². The number of hydrogen-bond donors (Lipinski definition) is 2. The highest BCUT2D eigenvalue weighted by atomic mass is 32.1. The molecule has 0 atom stereocenters. The molecule has 0 spiro atoms. The van der Waals surface area contributed by atoms with Crippen molar-refractivity contribution < 1.29 is 0 Å². The zero-order valence-electron chi connectivity index (χ0n) is 9.30. The van der Waals surface area contributed by atoms with E-state index >= 15 is 0 Å². The molecule has 0 saturated carbocycles. The number of nitrogens with two attached hydrogens (primary N) is 1.